The van der Waals surface area contributed by atoms with E-state index >= 15 is 0 Å². The summed E-state index contributed by atoms with van der Waals surface area (Å²) >= 11 is 0. The van der Waals surface area contributed by atoms with Gasteiger partial charge in [0, 0.05) is 6.54 Å². The van der Waals surface area contributed by atoms with E-state index in [1.807, 2.05) is 27.7 Å². The molecule has 4 N–H and O–H groups in total. The molecule has 4 unspecified atom stereocenters. The van der Waals surface area contributed by atoms with Crippen LogP contribution in [0.15, 0.2) is 0 Å². The fourth-order valence-electron chi connectivity index (χ4n) is 2.61. The molecule has 0 aliphatic carbocycles. The number of fused-ring (bicyclic) bond motifs is 1. The average molecular weight is 243 g/mol. The van der Waals surface area contributed by atoms with Gasteiger partial charge in [-0.15, -0.1) is 0 Å². The van der Waals surface area contributed by atoms with Gasteiger partial charge in [-0.25, -0.2) is 0 Å². The molecule has 0 saturated carbocycles. The van der Waals surface area contributed by atoms with Crippen molar-refractivity contribution in [2.45, 2.75) is 47.2 Å². The molecular weight excluding hydrogens is 214 g/mol. The number of primary amides is 1. The molecular formula is C13H29N3O. The highest BCUT2D eigenvalue weighted by molar-refractivity contribution is 5.77. The number of hydrogen-bond donors (Lipinski definition) is 3. The second-order valence-corrected chi connectivity index (χ2v) is 4.16. The van der Waals surface area contributed by atoms with Crippen molar-refractivity contribution < 1.29 is 4.79 Å². The molecule has 2 aliphatic rings. The van der Waals surface area contributed by atoms with E-state index in [2.05, 4.69) is 17.6 Å². The summed E-state index contributed by atoms with van der Waals surface area (Å²) in [6.45, 7) is 11.9. The van der Waals surface area contributed by atoms with Crippen LogP contribution in [0, 0.1) is 17.8 Å². The largest absolute Gasteiger partial charge is 0.369 e. The summed E-state index contributed by atoms with van der Waals surface area (Å²) in [5.41, 5.74) is 5.34. The third-order valence-corrected chi connectivity index (χ3v) is 3.50. The molecule has 4 heteroatoms. The van der Waals surface area contributed by atoms with E-state index in [4.69, 9.17) is 5.73 Å². The zero-order valence-electron chi connectivity index (χ0n) is 11.9. The van der Waals surface area contributed by atoms with Gasteiger partial charge in [-0.3, -0.25) is 4.79 Å². The summed E-state index contributed by atoms with van der Waals surface area (Å²) in [5.74, 6) is 0.844. The molecule has 2 rings (SSSR count). The van der Waals surface area contributed by atoms with Crippen LogP contribution in [0.1, 0.15) is 41.0 Å². The minimum Gasteiger partial charge on any atom is -0.369 e. The van der Waals surface area contributed by atoms with E-state index in [0.717, 1.165) is 19.5 Å². The van der Waals surface area contributed by atoms with E-state index in [0.29, 0.717) is 18.0 Å². The van der Waals surface area contributed by atoms with Gasteiger partial charge < -0.3 is 16.4 Å². The van der Waals surface area contributed by atoms with Gasteiger partial charge in [0.15, 0.2) is 0 Å². The molecule has 2 fully saturated rings. The van der Waals surface area contributed by atoms with Crippen molar-refractivity contribution >= 4 is 5.91 Å². The Morgan fingerprint density at radius 1 is 1.18 bits per heavy atom. The SMILES string of the molecule is CC.CC.CC1C(C(N)=O)CNC2NCCC21. The van der Waals surface area contributed by atoms with Crippen molar-refractivity contribution in [3.05, 3.63) is 0 Å². The van der Waals surface area contributed by atoms with Crippen molar-refractivity contribution in [2.75, 3.05) is 13.1 Å². The molecule has 17 heavy (non-hydrogen) atoms. The Morgan fingerprint density at radius 3 is 2.29 bits per heavy atom. The molecule has 0 aromatic carbocycles. The number of amides is 1. The highest BCUT2D eigenvalue weighted by atomic mass is 16.1. The average Bonchev–Trinajstić information content (AvgIpc) is 2.83. The summed E-state index contributed by atoms with van der Waals surface area (Å²) in [4.78, 5) is 11.1. The van der Waals surface area contributed by atoms with Crippen molar-refractivity contribution in [1.82, 2.24) is 10.6 Å². The lowest BCUT2D eigenvalue weighted by Crippen LogP contribution is -2.55. The minimum atomic E-state index is -0.162. The Morgan fingerprint density at radius 2 is 1.76 bits per heavy atom. The number of rotatable bonds is 1. The fourth-order valence-corrected chi connectivity index (χ4v) is 2.61. The lowest BCUT2D eigenvalue weighted by molar-refractivity contribution is -0.124. The predicted molar refractivity (Wildman–Crippen MR) is 72.4 cm³/mol. The van der Waals surface area contributed by atoms with Crippen LogP contribution in [-0.2, 0) is 4.79 Å². The van der Waals surface area contributed by atoms with Gasteiger partial charge >= 0.3 is 0 Å². The van der Waals surface area contributed by atoms with Crippen LogP contribution in [0.25, 0.3) is 0 Å². The lowest BCUT2D eigenvalue weighted by atomic mass is 9.77. The van der Waals surface area contributed by atoms with Crippen LogP contribution in [0.2, 0.25) is 0 Å². The normalized spacial score (nSPS) is 34.6. The molecule has 0 radical (unpaired) electrons. The van der Waals surface area contributed by atoms with E-state index in [9.17, 15) is 4.79 Å². The van der Waals surface area contributed by atoms with Crippen LogP contribution < -0.4 is 16.4 Å². The number of piperidine rings is 1. The van der Waals surface area contributed by atoms with E-state index in [1.165, 1.54) is 0 Å². The molecule has 4 atom stereocenters. The second-order valence-electron chi connectivity index (χ2n) is 4.16. The van der Waals surface area contributed by atoms with E-state index in [1.54, 1.807) is 0 Å². The summed E-state index contributed by atoms with van der Waals surface area (Å²) < 4.78 is 0. The lowest BCUT2D eigenvalue weighted by Gasteiger charge is -2.37. The summed E-state index contributed by atoms with van der Waals surface area (Å²) in [6.07, 6.45) is 1.56. The summed E-state index contributed by atoms with van der Waals surface area (Å²) in [5, 5.41) is 6.72. The number of nitrogens with two attached hydrogens (primary N) is 1. The summed E-state index contributed by atoms with van der Waals surface area (Å²) in [6, 6.07) is 0. The van der Waals surface area contributed by atoms with Crippen molar-refractivity contribution in [3.8, 4) is 0 Å². The highest BCUT2D eigenvalue weighted by Crippen LogP contribution is 2.32. The Kier molecular flexibility index (Phi) is 8.17. The monoisotopic (exact) mass is 243 g/mol. The van der Waals surface area contributed by atoms with Crippen LogP contribution >= 0.6 is 0 Å². The van der Waals surface area contributed by atoms with Crippen LogP contribution in [-0.4, -0.2) is 25.2 Å². The minimum absolute atomic E-state index is 0.0150. The van der Waals surface area contributed by atoms with Crippen molar-refractivity contribution in [3.63, 3.8) is 0 Å². The van der Waals surface area contributed by atoms with E-state index in [-0.39, 0.29) is 11.8 Å². The van der Waals surface area contributed by atoms with Gasteiger partial charge in [0.05, 0.1) is 12.1 Å². The van der Waals surface area contributed by atoms with Crippen LogP contribution in [0.4, 0.5) is 0 Å². The quantitative estimate of drug-likeness (QED) is 0.650. The molecule has 2 saturated heterocycles. The molecule has 4 nitrogen and oxygen atoms in total. The third kappa shape index (κ3) is 3.96. The zero-order chi connectivity index (χ0) is 13.4. The number of nitrogens with one attached hydrogen (secondary N) is 2. The molecule has 0 bridgehead atoms. The van der Waals surface area contributed by atoms with Gasteiger partial charge in [0.1, 0.15) is 0 Å². The van der Waals surface area contributed by atoms with Gasteiger partial charge in [0.2, 0.25) is 5.91 Å². The van der Waals surface area contributed by atoms with E-state index < -0.39 is 0 Å². The first kappa shape index (κ1) is 16.4. The molecule has 2 aliphatic heterocycles. The Hall–Kier alpha value is -0.610. The van der Waals surface area contributed by atoms with Crippen molar-refractivity contribution in [1.29, 1.82) is 0 Å². The maximum absolute atomic E-state index is 11.1. The predicted octanol–water partition coefficient (Wildman–Crippen LogP) is 1.32. The molecule has 0 aromatic heterocycles. The smallest absolute Gasteiger partial charge is 0.222 e. The third-order valence-electron chi connectivity index (χ3n) is 3.50. The molecule has 0 aromatic rings. The van der Waals surface area contributed by atoms with Gasteiger partial charge in [-0.1, -0.05) is 34.6 Å². The van der Waals surface area contributed by atoms with Crippen LogP contribution in [0.3, 0.4) is 0 Å². The zero-order valence-corrected chi connectivity index (χ0v) is 11.9. The maximum Gasteiger partial charge on any atom is 0.222 e. The summed E-state index contributed by atoms with van der Waals surface area (Å²) in [7, 11) is 0. The first-order chi connectivity index (χ1) is 8.20. The van der Waals surface area contributed by atoms with Gasteiger partial charge in [-0.2, -0.15) is 0 Å². The van der Waals surface area contributed by atoms with Gasteiger partial charge in [-0.05, 0) is 24.8 Å². The number of carbonyl (C=O) groups excluding carboxylic acids is 1. The Balaban J connectivity index is 0.000000581. The van der Waals surface area contributed by atoms with Gasteiger partial charge in [0.25, 0.3) is 0 Å². The first-order valence-corrected chi connectivity index (χ1v) is 6.96. The van der Waals surface area contributed by atoms with Crippen LogP contribution in [0.5, 0.6) is 0 Å². The Bertz CT molecular complexity index is 221. The molecule has 1 amide bonds. The highest BCUT2D eigenvalue weighted by Gasteiger charge is 2.40. The number of hydrogen-bond acceptors (Lipinski definition) is 3. The first-order valence-electron chi connectivity index (χ1n) is 6.96. The van der Waals surface area contributed by atoms with Crippen molar-refractivity contribution in [2.24, 2.45) is 23.5 Å². The number of carbonyl (C=O) groups is 1. The standard InChI is InChI=1S/C9H17N3O.2C2H6/c1-5-6-2-3-11-9(6)12-4-7(5)8(10)13;2*1-2/h5-7,9,11-12H,2-4H2,1H3,(H2,10,13);2*1-2H3. The molecule has 0 spiro atoms. The molecule has 102 valence electrons. The fraction of sp³-hybridized carbons (Fsp3) is 0.923. The topological polar surface area (TPSA) is 67.2 Å². The second kappa shape index (κ2) is 8.48. The Labute approximate surface area is 106 Å². The maximum atomic E-state index is 11.1. The molecule has 2 heterocycles.